The van der Waals surface area contributed by atoms with E-state index in [1.165, 1.54) is 12.5 Å². The summed E-state index contributed by atoms with van der Waals surface area (Å²) < 4.78 is 22.4. The van der Waals surface area contributed by atoms with Gasteiger partial charge in [0.1, 0.15) is 21.7 Å². The maximum Gasteiger partial charge on any atom is 0.149 e. The van der Waals surface area contributed by atoms with Crippen molar-refractivity contribution in [2.45, 2.75) is 13.0 Å². The van der Waals surface area contributed by atoms with Crippen molar-refractivity contribution >= 4 is 15.7 Å². The third-order valence-corrected chi connectivity index (χ3v) is 3.53. The molecule has 0 saturated carbocycles. The molecule has 0 bridgehead atoms. The Kier molecular flexibility index (Phi) is 4.07. The maximum atomic E-state index is 11.2. The number of rotatable bonds is 4. The van der Waals surface area contributed by atoms with Gasteiger partial charge in [-0.25, -0.2) is 13.4 Å². The number of nitriles is 1. The molecule has 17 heavy (non-hydrogen) atoms. The Hall–Kier alpha value is -1.61. The molecule has 1 atom stereocenters. The molecular formula is C11H15N3O2S. The van der Waals surface area contributed by atoms with Gasteiger partial charge in [0.15, 0.2) is 0 Å². The Bertz CT molecular complexity index is 517. The lowest BCUT2D eigenvalue weighted by Crippen LogP contribution is -2.35. The van der Waals surface area contributed by atoms with Crippen molar-refractivity contribution in [1.29, 1.82) is 5.26 Å². The number of aromatic nitrogens is 1. The van der Waals surface area contributed by atoms with Crippen molar-refractivity contribution in [2.24, 2.45) is 0 Å². The van der Waals surface area contributed by atoms with E-state index in [0.717, 1.165) is 0 Å². The van der Waals surface area contributed by atoms with Crippen LogP contribution in [0.4, 0.5) is 5.82 Å². The summed E-state index contributed by atoms with van der Waals surface area (Å²) >= 11 is 0. The first-order valence-corrected chi connectivity index (χ1v) is 7.16. The topological polar surface area (TPSA) is 74.1 Å². The molecule has 6 heteroatoms. The summed E-state index contributed by atoms with van der Waals surface area (Å²) in [6.07, 6.45) is 2.68. The molecule has 92 valence electrons. The molecule has 1 rings (SSSR count). The standard InChI is InChI=1S/C11H15N3O2S/c1-9(8-17(3,15)16)14(2)11-5-4-10(6-12)7-13-11/h4-5,7,9H,8H2,1-3H3. The van der Waals surface area contributed by atoms with Gasteiger partial charge in [0.25, 0.3) is 0 Å². The molecule has 1 aromatic heterocycles. The maximum absolute atomic E-state index is 11.2. The SMILES string of the molecule is CC(CS(C)(=O)=O)N(C)c1ccc(C#N)cn1. The van der Waals surface area contributed by atoms with E-state index in [2.05, 4.69) is 4.98 Å². The predicted octanol–water partition coefficient (Wildman–Crippen LogP) is 0.823. The van der Waals surface area contributed by atoms with Gasteiger partial charge < -0.3 is 4.90 Å². The van der Waals surface area contributed by atoms with Crippen LogP contribution in [-0.4, -0.2) is 38.5 Å². The third kappa shape index (κ3) is 4.04. The van der Waals surface area contributed by atoms with E-state index in [0.29, 0.717) is 11.4 Å². The highest BCUT2D eigenvalue weighted by atomic mass is 32.2. The molecule has 1 unspecified atom stereocenters. The van der Waals surface area contributed by atoms with E-state index in [1.54, 1.807) is 24.1 Å². The molecule has 0 aromatic carbocycles. The zero-order chi connectivity index (χ0) is 13.1. The van der Waals surface area contributed by atoms with Crippen molar-refractivity contribution < 1.29 is 8.42 Å². The van der Waals surface area contributed by atoms with E-state index in [9.17, 15) is 8.42 Å². The van der Waals surface area contributed by atoms with Crippen LogP contribution in [0, 0.1) is 11.3 Å². The summed E-state index contributed by atoms with van der Waals surface area (Å²) in [7, 11) is -1.23. The van der Waals surface area contributed by atoms with Gasteiger partial charge in [-0.05, 0) is 19.1 Å². The van der Waals surface area contributed by atoms with Crippen molar-refractivity contribution in [3.8, 4) is 6.07 Å². The number of pyridine rings is 1. The first-order chi connectivity index (χ1) is 7.83. The third-order valence-electron chi connectivity index (χ3n) is 2.44. The van der Waals surface area contributed by atoms with Crippen LogP contribution in [0.3, 0.4) is 0 Å². The molecular weight excluding hydrogens is 238 g/mol. The van der Waals surface area contributed by atoms with Crippen molar-refractivity contribution in [3.05, 3.63) is 23.9 Å². The molecule has 0 saturated heterocycles. The monoisotopic (exact) mass is 253 g/mol. The highest BCUT2D eigenvalue weighted by Crippen LogP contribution is 2.13. The summed E-state index contributed by atoms with van der Waals surface area (Å²) in [6.45, 7) is 1.82. The summed E-state index contributed by atoms with van der Waals surface area (Å²) in [5.41, 5.74) is 0.484. The van der Waals surface area contributed by atoms with Gasteiger partial charge >= 0.3 is 0 Å². The second-order valence-electron chi connectivity index (χ2n) is 4.07. The summed E-state index contributed by atoms with van der Waals surface area (Å²) in [5, 5.41) is 8.65. The normalized spacial score (nSPS) is 12.8. The molecule has 0 aliphatic carbocycles. The minimum Gasteiger partial charge on any atom is -0.356 e. The molecule has 0 aliphatic rings. The molecule has 0 spiro atoms. The minimum atomic E-state index is -3.01. The molecule has 0 fully saturated rings. The molecule has 0 N–H and O–H groups in total. The number of hydrogen-bond donors (Lipinski definition) is 0. The number of sulfone groups is 1. The summed E-state index contributed by atoms with van der Waals surface area (Å²) in [6, 6.07) is 5.19. The largest absolute Gasteiger partial charge is 0.356 e. The highest BCUT2D eigenvalue weighted by molar-refractivity contribution is 7.90. The lowest BCUT2D eigenvalue weighted by molar-refractivity contribution is 0.592. The number of anilines is 1. The zero-order valence-corrected chi connectivity index (χ0v) is 10.9. The first kappa shape index (κ1) is 13.5. The fraction of sp³-hybridized carbons (Fsp3) is 0.455. The lowest BCUT2D eigenvalue weighted by Gasteiger charge is -2.25. The van der Waals surface area contributed by atoms with Crippen LogP contribution in [0.5, 0.6) is 0 Å². The van der Waals surface area contributed by atoms with Crippen molar-refractivity contribution in [3.63, 3.8) is 0 Å². The number of nitrogens with zero attached hydrogens (tertiary/aromatic N) is 3. The van der Waals surface area contributed by atoms with Gasteiger partial charge in [-0.1, -0.05) is 0 Å². The fourth-order valence-electron chi connectivity index (χ4n) is 1.44. The van der Waals surface area contributed by atoms with Gasteiger partial charge in [-0.3, -0.25) is 0 Å². The lowest BCUT2D eigenvalue weighted by atomic mass is 10.3. The van der Waals surface area contributed by atoms with Gasteiger partial charge in [-0.15, -0.1) is 0 Å². The van der Waals surface area contributed by atoms with Gasteiger partial charge in [0.2, 0.25) is 0 Å². The van der Waals surface area contributed by atoms with Crippen LogP contribution in [0.1, 0.15) is 12.5 Å². The Morgan fingerprint density at radius 2 is 2.18 bits per heavy atom. The smallest absolute Gasteiger partial charge is 0.149 e. The Morgan fingerprint density at radius 1 is 1.53 bits per heavy atom. The number of hydrogen-bond acceptors (Lipinski definition) is 5. The molecule has 5 nitrogen and oxygen atoms in total. The van der Waals surface area contributed by atoms with Crippen molar-refractivity contribution in [1.82, 2.24) is 4.98 Å². The van der Waals surface area contributed by atoms with Crippen LogP contribution in [0.15, 0.2) is 18.3 Å². The summed E-state index contributed by atoms with van der Waals surface area (Å²) in [4.78, 5) is 5.89. The Morgan fingerprint density at radius 3 is 2.59 bits per heavy atom. The quantitative estimate of drug-likeness (QED) is 0.794. The van der Waals surface area contributed by atoms with Gasteiger partial charge in [0.05, 0.1) is 11.3 Å². The van der Waals surface area contributed by atoms with E-state index >= 15 is 0 Å². The summed E-state index contributed by atoms with van der Waals surface area (Å²) in [5.74, 6) is 0.728. The van der Waals surface area contributed by atoms with Crippen LogP contribution in [-0.2, 0) is 9.84 Å². The van der Waals surface area contributed by atoms with Crippen LogP contribution in [0.25, 0.3) is 0 Å². The minimum absolute atomic E-state index is 0.0746. The molecule has 0 radical (unpaired) electrons. The van der Waals surface area contributed by atoms with Crippen molar-refractivity contribution in [2.75, 3.05) is 24.0 Å². The Balaban J connectivity index is 2.82. The van der Waals surface area contributed by atoms with Gasteiger partial charge in [-0.2, -0.15) is 5.26 Å². The zero-order valence-electron chi connectivity index (χ0n) is 10.1. The molecule has 0 aliphatic heterocycles. The predicted molar refractivity (Wildman–Crippen MR) is 66.5 cm³/mol. The molecule has 1 heterocycles. The van der Waals surface area contributed by atoms with Crippen LogP contribution < -0.4 is 4.90 Å². The first-order valence-electron chi connectivity index (χ1n) is 5.10. The van der Waals surface area contributed by atoms with Crippen LogP contribution >= 0.6 is 0 Å². The van der Waals surface area contributed by atoms with E-state index < -0.39 is 9.84 Å². The van der Waals surface area contributed by atoms with E-state index in [-0.39, 0.29) is 11.8 Å². The molecule has 0 amide bonds. The average molecular weight is 253 g/mol. The van der Waals surface area contributed by atoms with Gasteiger partial charge in [0, 0.05) is 25.5 Å². The Labute approximate surface area is 102 Å². The second-order valence-corrected chi connectivity index (χ2v) is 6.25. The van der Waals surface area contributed by atoms with E-state index in [1.807, 2.05) is 13.0 Å². The second kappa shape index (κ2) is 5.15. The van der Waals surface area contributed by atoms with E-state index in [4.69, 9.17) is 5.26 Å². The average Bonchev–Trinajstić information content (AvgIpc) is 2.26. The van der Waals surface area contributed by atoms with Crippen LogP contribution in [0.2, 0.25) is 0 Å². The molecule has 1 aromatic rings. The highest BCUT2D eigenvalue weighted by Gasteiger charge is 2.16. The fourth-order valence-corrected chi connectivity index (χ4v) is 2.54.